The Hall–Kier alpha value is -4.87. The molecule has 1 fully saturated rings. The lowest BCUT2D eigenvalue weighted by atomic mass is 10.0. The van der Waals surface area contributed by atoms with E-state index in [-0.39, 0.29) is 35.8 Å². The molecule has 2 atom stereocenters. The van der Waals surface area contributed by atoms with E-state index in [0.29, 0.717) is 36.6 Å². The number of carboxylic acids is 1. The number of ether oxygens (including phenoxy) is 3. The lowest BCUT2D eigenvalue weighted by Gasteiger charge is -2.39. The molecule has 1 aromatic heterocycles. The Morgan fingerprint density at radius 2 is 2.02 bits per heavy atom. The number of piperidine rings is 1. The number of nitrogens with one attached hydrogen (secondary N) is 2. The third-order valence-electron chi connectivity index (χ3n) is 6.68. The van der Waals surface area contributed by atoms with Crippen LogP contribution >= 0.6 is 0 Å². The molecular weight excluding hydrogens is 523 g/mol. The normalized spacial score (nSPS) is 19.3. The van der Waals surface area contributed by atoms with Crippen LogP contribution in [0.15, 0.2) is 54.7 Å². The number of carbonyl (C=O) groups is 3. The average molecular weight is 551 g/mol. The summed E-state index contributed by atoms with van der Waals surface area (Å²) >= 11 is 0. The van der Waals surface area contributed by atoms with Crippen molar-refractivity contribution in [1.82, 2.24) is 15.6 Å². The Bertz CT molecular complexity index is 1430. The standard InChI is InChI=1S/C28H27FN4O7/c1-38-23-4-2-17-10-24(23)39-15-26(34)31-12-16-8-19(29)11-20(9-16)40-22-6-7-33(14-21(22)32-27(17)35)25-5-3-18(13-30-25)28(36)37/h2-5,8-11,13,21-22H,6-7,12,14-15H2,1H3,(H,31,34)(H,32,35)(H,36,37)/t21-,22+/m0/s1. The summed E-state index contributed by atoms with van der Waals surface area (Å²) < 4.78 is 31.6. The fourth-order valence-corrected chi connectivity index (χ4v) is 4.66. The number of methoxy groups -OCH3 is 1. The van der Waals surface area contributed by atoms with Gasteiger partial charge in [0.25, 0.3) is 11.8 Å². The summed E-state index contributed by atoms with van der Waals surface area (Å²) in [5.41, 5.74) is 0.836. The molecule has 2 amide bonds. The van der Waals surface area contributed by atoms with Crippen molar-refractivity contribution in [2.24, 2.45) is 0 Å². The summed E-state index contributed by atoms with van der Waals surface area (Å²) in [5.74, 6) is -1.08. The molecular formula is C28H27FN4O7. The molecule has 0 saturated carbocycles. The molecule has 2 aliphatic heterocycles. The van der Waals surface area contributed by atoms with Crippen molar-refractivity contribution in [3.8, 4) is 17.2 Å². The summed E-state index contributed by atoms with van der Waals surface area (Å²) in [5, 5.41) is 14.9. The highest BCUT2D eigenvalue weighted by Crippen LogP contribution is 2.29. The minimum absolute atomic E-state index is 0.0596. The molecule has 3 heterocycles. The van der Waals surface area contributed by atoms with Gasteiger partial charge < -0.3 is 34.9 Å². The molecule has 5 rings (SSSR count). The minimum Gasteiger partial charge on any atom is -0.493 e. The van der Waals surface area contributed by atoms with Gasteiger partial charge in [-0.3, -0.25) is 9.59 Å². The number of aromatic nitrogens is 1. The van der Waals surface area contributed by atoms with Crippen molar-refractivity contribution in [3.05, 3.63) is 77.2 Å². The van der Waals surface area contributed by atoms with Crippen LogP contribution in [-0.2, 0) is 11.3 Å². The fourth-order valence-electron chi connectivity index (χ4n) is 4.66. The van der Waals surface area contributed by atoms with Gasteiger partial charge in [0, 0.05) is 43.9 Å². The zero-order chi connectivity index (χ0) is 28.2. The number of aromatic carboxylic acids is 1. The Kier molecular flexibility index (Phi) is 7.67. The molecule has 0 unspecified atom stereocenters. The van der Waals surface area contributed by atoms with Gasteiger partial charge in [0.05, 0.1) is 18.7 Å². The molecule has 11 nitrogen and oxygen atoms in total. The van der Waals surface area contributed by atoms with E-state index in [1.54, 1.807) is 24.3 Å². The van der Waals surface area contributed by atoms with Gasteiger partial charge >= 0.3 is 5.97 Å². The maximum atomic E-state index is 14.5. The number of carbonyl (C=O) groups excluding carboxylic acids is 2. The zero-order valence-corrected chi connectivity index (χ0v) is 21.6. The Morgan fingerprint density at radius 3 is 2.77 bits per heavy atom. The fraction of sp³-hybridized carbons (Fsp3) is 0.286. The van der Waals surface area contributed by atoms with E-state index in [1.165, 1.54) is 37.6 Å². The number of amides is 2. The van der Waals surface area contributed by atoms with Crippen LogP contribution in [0.25, 0.3) is 0 Å². The van der Waals surface area contributed by atoms with Crippen LogP contribution in [0, 0.1) is 5.82 Å². The highest BCUT2D eigenvalue weighted by atomic mass is 19.1. The van der Waals surface area contributed by atoms with Crippen molar-refractivity contribution in [3.63, 3.8) is 0 Å². The number of benzene rings is 2. The summed E-state index contributed by atoms with van der Waals surface area (Å²) in [6.45, 7) is 0.514. The monoisotopic (exact) mass is 550 g/mol. The van der Waals surface area contributed by atoms with E-state index < -0.39 is 35.7 Å². The first-order chi connectivity index (χ1) is 19.3. The summed E-state index contributed by atoms with van der Waals surface area (Å²) in [6.07, 6.45) is 1.21. The van der Waals surface area contributed by atoms with E-state index in [1.807, 2.05) is 4.90 Å². The number of pyridine rings is 1. The number of carboxylic acid groups (broad SMARTS) is 1. The summed E-state index contributed by atoms with van der Waals surface area (Å²) in [6, 6.07) is 11.4. The van der Waals surface area contributed by atoms with Crippen LogP contribution < -0.4 is 29.7 Å². The first kappa shape index (κ1) is 26.7. The molecule has 0 radical (unpaired) electrons. The SMILES string of the molecule is COc1ccc2cc1OCC(=O)NCc1cc(F)cc(c1)O[C@@H]1CCN(c3ccc(C(=O)O)cn3)C[C@@H]1NC2=O. The van der Waals surface area contributed by atoms with Gasteiger partial charge in [-0.2, -0.15) is 0 Å². The van der Waals surface area contributed by atoms with Gasteiger partial charge in [-0.25, -0.2) is 14.2 Å². The van der Waals surface area contributed by atoms with E-state index in [9.17, 15) is 23.9 Å². The second-order valence-corrected chi connectivity index (χ2v) is 9.41. The molecule has 2 aliphatic rings. The van der Waals surface area contributed by atoms with Crippen molar-refractivity contribution in [2.45, 2.75) is 25.1 Å². The van der Waals surface area contributed by atoms with E-state index in [2.05, 4.69) is 15.6 Å². The number of halogens is 1. The number of hydrogen-bond acceptors (Lipinski definition) is 8. The first-order valence-electron chi connectivity index (χ1n) is 12.6. The topological polar surface area (TPSA) is 139 Å². The number of fused-ring (bicyclic) bond motifs is 5. The second-order valence-electron chi connectivity index (χ2n) is 9.41. The lowest BCUT2D eigenvalue weighted by Crippen LogP contribution is -2.57. The average Bonchev–Trinajstić information content (AvgIpc) is 2.95. The predicted molar refractivity (Wildman–Crippen MR) is 140 cm³/mol. The quantitative estimate of drug-likeness (QED) is 0.449. The molecule has 1 saturated heterocycles. The second kappa shape index (κ2) is 11.5. The van der Waals surface area contributed by atoms with Crippen LogP contribution in [0.2, 0.25) is 0 Å². The van der Waals surface area contributed by atoms with Crippen molar-refractivity contribution in [1.29, 1.82) is 0 Å². The molecule has 3 N–H and O–H groups in total. The van der Waals surface area contributed by atoms with Crippen LogP contribution in [0.1, 0.15) is 32.7 Å². The third kappa shape index (κ3) is 6.06. The summed E-state index contributed by atoms with van der Waals surface area (Å²) in [7, 11) is 1.45. The van der Waals surface area contributed by atoms with Gasteiger partial charge in [0.1, 0.15) is 23.5 Å². The van der Waals surface area contributed by atoms with Crippen LogP contribution in [0.3, 0.4) is 0 Å². The molecule has 3 aromatic rings. The van der Waals surface area contributed by atoms with Crippen LogP contribution in [0.4, 0.5) is 10.2 Å². The first-order valence-corrected chi connectivity index (χ1v) is 12.6. The molecule has 208 valence electrons. The largest absolute Gasteiger partial charge is 0.493 e. The lowest BCUT2D eigenvalue weighted by molar-refractivity contribution is -0.123. The van der Waals surface area contributed by atoms with Gasteiger partial charge in [0.2, 0.25) is 0 Å². The van der Waals surface area contributed by atoms with Gasteiger partial charge in [-0.1, -0.05) is 0 Å². The highest BCUT2D eigenvalue weighted by Gasteiger charge is 2.33. The number of nitrogens with zero attached hydrogens (tertiary/aromatic N) is 2. The molecule has 0 aliphatic carbocycles. The maximum absolute atomic E-state index is 14.5. The van der Waals surface area contributed by atoms with E-state index >= 15 is 0 Å². The minimum atomic E-state index is -1.08. The predicted octanol–water partition coefficient (Wildman–Crippen LogP) is 2.39. The van der Waals surface area contributed by atoms with Gasteiger partial charge in [-0.05, 0) is 48.0 Å². The molecule has 40 heavy (non-hydrogen) atoms. The van der Waals surface area contributed by atoms with Crippen molar-refractivity contribution >= 4 is 23.6 Å². The van der Waals surface area contributed by atoms with Crippen LogP contribution in [0.5, 0.6) is 17.2 Å². The maximum Gasteiger partial charge on any atom is 0.337 e. The van der Waals surface area contributed by atoms with E-state index in [4.69, 9.17) is 14.2 Å². The molecule has 12 heteroatoms. The van der Waals surface area contributed by atoms with E-state index in [0.717, 1.165) is 0 Å². The number of hydrogen-bond donors (Lipinski definition) is 3. The zero-order valence-electron chi connectivity index (χ0n) is 21.6. The molecule has 0 spiro atoms. The third-order valence-corrected chi connectivity index (χ3v) is 6.68. The smallest absolute Gasteiger partial charge is 0.337 e. The number of anilines is 1. The Balaban J connectivity index is 1.47. The van der Waals surface area contributed by atoms with Gasteiger partial charge in [0.15, 0.2) is 18.1 Å². The molecule has 4 bridgehead atoms. The van der Waals surface area contributed by atoms with Crippen molar-refractivity contribution < 1.29 is 38.1 Å². The summed E-state index contributed by atoms with van der Waals surface area (Å²) in [4.78, 5) is 43.2. The van der Waals surface area contributed by atoms with Crippen molar-refractivity contribution in [2.75, 3.05) is 31.7 Å². The Labute approximate surface area is 228 Å². The number of rotatable bonds is 3. The molecule has 2 aromatic carbocycles. The Morgan fingerprint density at radius 1 is 1.18 bits per heavy atom. The van der Waals surface area contributed by atoms with Gasteiger partial charge in [-0.15, -0.1) is 0 Å². The highest BCUT2D eigenvalue weighted by molar-refractivity contribution is 5.95. The van der Waals surface area contributed by atoms with Crippen LogP contribution in [-0.4, -0.2) is 66.8 Å².